The van der Waals surface area contributed by atoms with Gasteiger partial charge < -0.3 is 10.5 Å². The molecule has 21 heavy (non-hydrogen) atoms. The third kappa shape index (κ3) is 3.29. The summed E-state index contributed by atoms with van der Waals surface area (Å²) in [6, 6.07) is 4.18. The summed E-state index contributed by atoms with van der Waals surface area (Å²) in [5, 5.41) is -0.165. The Kier molecular flexibility index (Phi) is 4.40. The highest BCUT2D eigenvalue weighted by atomic mass is 35.5. The number of ether oxygens (including phenoxy) is 1. The van der Waals surface area contributed by atoms with Crippen LogP contribution in [0.25, 0.3) is 0 Å². The zero-order valence-electron chi connectivity index (χ0n) is 10.7. The first-order valence-corrected chi connectivity index (χ1v) is 7.71. The van der Waals surface area contributed by atoms with Gasteiger partial charge in [0.1, 0.15) is 22.0 Å². The number of nitrogen functional groups attached to an aromatic ring is 1. The number of aromatic nitrogens is 2. The van der Waals surface area contributed by atoms with E-state index in [9.17, 15) is 8.42 Å². The molecule has 3 N–H and O–H groups in total. The Balaban J connectivity index is 2.41. The lowest BCUT2D eigenvalue weighted by molar-refractivity contribution is 0.414. The number of benzene rings is 1. The van der Waals surface area contributed by atoms with E-state index >= 15 is 0 Å². The lowest BCUT2D eigenvalue weighted by atomic mass is 10.3. The van der Waals surface area contributed by atoms with Crippen molar-refractivity contribution < 1.29 is 13.2 Å². The highest BCUT2D eigenvalue weighted by Crippen LogP contribution is 2.29. The molecule has 1 aromatic carbocycles. The molecule has 0 saturated carbocycles. The zero-order chi connectivity index (χ0) is 15.6. The molecule has 0 spiro atoms. The molecule has 2 rings (SSSR count). The first-order chi connectivity index (χ1) is 9.85. The number of rotatable bonds is 4. The second-order valence-electron chi connectivity index (χ2n) is 3.84. The van der Waals surface area contributed by atoms with Gasteiger partial charge in [0.15, 0.2) is 11.0 Å². The number of methoxy groups -OCH3 is 1. The Morgan fingerprint density at radius 2 is 2.00 bits per heavy atom. The van der Waals surface area contributed by atoms with Crippen molar-refractivity contribution in [2.75, 3.05) is 17.6 Å². The average Bonchev–Trinajstić information content (AvgIpc) is 2.43. The SMILES string of the molecule is COc1ccc(S(=O)(=O)Nc2ncnc(Cl)c2Cl)c(N)c1. The standard InChI is InChI=1S/C11H10Cl2N4O3S/c1-20-6-2-3-8(7(14)4-6)21(18,19)17-11-9(12)10(13)15-5-16-11/h2-5H,14H2,1H3,(H,15,16,17). The van der Waals surface area contributed by atoms with Crippen molar-refractivity contribution in [1.29, 1.82) is 0 Å². The van der Waals surface area contributed by atoms with Gasteiger partial charge in [0.05, 0.1) is 12.8 Å². The third-order valence-corrected chi connectivity index (χ3v) is 4.64. The molecule has 112 valence electrons. The average molecular weight is 349 g/mol. The molecule has 0 fully saturated rings. The minimum Gasteiger partial charge on any atom is -0.497 e. The van der Waals surface area contributed by atoms with Crippen molar-refractivity contribution >= 4 is 44.7 Å². The fourth-order valence-electron chi connectivity index (χ4n) is 1.50. The largest absolute Gasteiger partial charge is 0.497 e. The predicted molar refractivity (Wildman–Crippen MR) is 80.3 cm³/mol. The monoisotopic (exact) mass is 348 g/mol. The smallest absolute Gasteiger partial charge is 0.265 e. The van der Waals surface area contributed by atoms with Crippen LogP contribution >= 0.6 is 23.2 Å². The Hall–Kier alpha value is -1.77. The van der Waals surface area contributed by atoms with Gasteiger partial charge in [-0.25, -0.2) is 18.4 Å². The number of hydrogen-bond donors (Lipinski definition) is 2. The Labute approximate surface area is 131 Å². The molecule has 0 aliphatic rings. The van der Waals surface area contributed by atoms with Gasteiger partial charge in [-0.15, -0.1) is 0 Å². The normalized spacial score (nSPS) is 11.2. The van der Waals surface area contributed by atoms with Crippen molar-refractivity contribution in [3.05, 3.63) is 34.7 Å². The molecule has 0 aliphatic carbocycles. The highest BCUT2D eigenvalue weighted by Gasteiger charge is 2.21. The molecule has 1 heterocycles. The lowest BCUT2D eigenvalue weighted by Gasteiger charge is -2.11. The molecular formula is C11H10Cl2N4O3S. The fourth-order valence-corrected chi connectivity index (χ4v) is 2.97. The van der Waals surface area contributed by atoms with Crippen LogP contribution in [-0.4, -0.2) is 25.5 Å². The number of nitrogens with two attached hydrogens (primary N) is 1. The number of sulfonamides is 1. The highest BCUT2D eigenvalue weighted by molar-refractivity contribution is 7.92. The van der Waals surface area contributed by atoms with Crippen LogP contribution in [0.2, 0.25) is 10.2 Å². The summed E-state index contributed by atoms with van der Waals surface area (Å²) in [7, 11) is -2.52. The second-order valence-corrected chi connectivity index (χ2v) is 6.22. The zero-order valence-corrected chi connectivity index (χ0v) is 13.0. The van der Waals surface area contributed by atoms with Gasteiger partial charge >= 0.3 is 0 Å². The number of halogens is 2. The molecule has 0 radical (unpaired) electrons. The molecule has 0 saturated heterocycles. The van der Waals surface area contributed by atoms with E-state index in [0.717, 1.165) is 6.33 Å². The van der Waals surface area contributed by atoms with Crippen molar-refractivity contribution in [3.63, 3.8) is 0 Å². The van der Waals surface area contributed by atoms with E-state index in [1.165, 1.54) is 25.3 Å². The molecule has 1 aromatic heterocycles. The first-order valence-electron chi connectivity index (χ1n) is 5.47. The van der Waals surface area contributed by atoms with Crippen LogP contribution in [0.3, 0.4) is 0 Å². The van der Waals surface area contributed by atoms with E-state index < -0.39 is 10.0 Å². The van der Waals surface area contributed by atoms with E-state index in [4.69, 9.17) is 33.7 Å². The summed E-state index contributed by atoms with van der Waals surface area (Å²) in [5.74, 6) is 0.307. The number of nitrogens with one attached hydrogen (secondary N) is 1. The molecule has 0 aliphatic heterocycles. The van der Waals surface area contributed by atoms with Gasteiger partial charge in [-0.05, 0) is 12.1 Å². The quantitative estimate of drug-likeness (QED) is 0.647. The minimum atomic E-state index is -3.97. The van der Waals surface area contributed by atoms with E-state index in [0.29, 0.717) is 5.75 Å². The second kappa shape index (κ2) is 5.92. The number of hydrogen-bond acceptors (Lipinski definition) is 6. The molecule has 2 aromatic rings. The molecule has 0 bridgehead atoms. The van der Waals surface area contributed by atoms with Crippen molar-refractivity contribution in [3.8, 4) is 5.75 Å². The van der Waals surface area contributed by atoms with Crippen LogP contribution < -0.4 is 15.2 Å². The summed E-state index contributed by atoms with van der Waals surface area (Å²) >= 11 is 11.5. The van der Waals surface area contributed by atoms with Crippen LogP contribution in [0.5, 0.6) is 5.75 Å². The van der Waals surface area contributed by atoms with E-state index in [1.54, 1.807) is 0 Å². The van der Waals surface area contributed by atoms with Crippen molar-refractivity contribution in [2.45, 2.75) is 4.90 Å². The van der Waals surface area contributed by atoms with Crippen LogP contribution in [0.1, 0.15) is 0 Å². The first kappa shape index (κ1) is 15.6. The predicted octanol–water partition coefficient (Wildman–Crippen LogP) is 2.17. The van der Waals surface area contributed by atoms with E-state index in [1.807, 2.05) is 0 Å². The van der Waals surface area contributed by atoms with Gasteiger partial charge in [0, 0.05) is 6.07 Å². The van der Waals surface area contributed by atoms with Crippen molar-refractivity contribution in [2.24, 2.45) is 0 Å². The molecule has 0 atom stereocenters. The summed E-state index contributed by atoms with van der Waals surface area (Å²) < 4.78 is 31.8. The van der Waals surface area contributed by atoms with Crippen LogP contribution in [-0.2, 0) is 10.0 Å². The van der Waals surface area contributed by atoms with E-state index in [-0.39, 0.29) is 26.6 Å². The molecule has 10 heteroatoms. The van der Waals surface area contributed by atoms with Gasteiger partial charge in [-0.1, -0.05) is 23.2 Å². The van der Waals surface area contributed by atoms with E-state index in [2.05, 4.69) is 14.7 Å². The number of anilines is 2. The molecular weight excluding hydrogens is 339 g/mol. The summed E-state index contributed by atoms with van der Waals surface area (Å²) in [6.45, 7) is 0. The van der Waals surface area contributed by atoms with Gasteiger partial charge in [0.2, 0.25) is 0 Å². The fraction of sp³-hybridized carbons (Fsp3) is 0.0909. The number of nitrogens with zero attached hydrogens (tertiary/aromatic N) is 2. The Bertz CT molecular complexity index is 783. The summed E-state index contributed by atoms with van der Waals surface area (Å²) in [5.41, 5.74) is 5.74. The molecule has 7 nitrogen and oxygen atoms in total. The molecule has 0 unspecified atom stereocenters. The minimum absolute atomic E-state index is 0.0260. The van der Waals surface area contributed by atoms with Crippen LogP contribution in [0.15, 0.2) is 29.4 Å². The summed E-state index contributed by atoms with van der Waals surface area (Å²) in [6.07, 6.45) is 1.09. The van der Waals surface area contributed by atoms with Gasteiger partial charge in [-0.2, -0.15) is 0 Å². The Morgan fingerprint density at radius 1 is 1.29 bits per heavy atom. The topological polar surface area (TPSA) is 107 Å². The molecule has 0 amide bonds. The van der Waals surface area contributed by atoms with Crippen LogP contribution in [0.4, 0.5) is 11.5 Å². The third-order valence-electron chi connectivity index (χ3n) is 2.48. The van der Waals surface area contributed by atoms with Gasteiger partial charge in [0.25, 0.3) is 10.0 Å². The van der Waals surface area contributed by atoms with Gasteiger partial charge in [-0.3, -0.25) is 4.72 Å². The maximum Gasteiger partial charge on any atom is 0.265 e. The van der Waals surface area contributed by atoms with Crippen LogP contribution in [0, 0.1) is 0 Å². The summed E-state index contributed by atoms with van der Waals surface area (Å²) in [4.78, 5) is 7.23. The maximum atomic E-state index is 12.3. The van der Waals surface area contributed by atoms with Crippen molar-refractivity contribution in [1.82, 2.24) is 9.97 Å². The lowest BCUT2D eigenvalue weighted by Crippen LogP contribution is -2.16. The Morgan fingerprint density at radius 3 is 2.62 bits per heavy atom. The maximum absolute atomic E-state index is 12.3.